The van der Waals surface area contributed by atoms with Crippen molar-refractivity contribution in [2.45, 2.75) is 20.8 Å². The van der Waals surface area contributed by atoms with Crippen LogP contribution in [0, 0.1) is 6.92 Å². The molecular weight excluding hydrogens is 370 g/mol. The van der Waals surface area contributed by atoms with Gasteiger partial charge in [-0.1, -0.05) is 13.8 Å². The molecule has 0 spiro atoms. The molecule has 2 heterocycles. The summed E-state index contributed by atoms with van der Waals surface area (Å²) in [7, 11) is 3.07. The Morgan fingerprint density at radius 3 is 2.28 bits per heavy atom. The van der Waals surface area contributed by atoms with Crippen LogP contribution >= 0.6 is 0 Å². The smallest absolute Gasteiger partial charge is 0.331 e. The summed E-state index contributed by atoms with van der Waals surface area (Å²) in [5.41, 5.74) is 1.23. The second kappa shape index (κ2) is 8.57. The molecule has 3 aromatic rings. The molecule has 1 aromatic carbocycles. The third kappa shape index (κ3) is 4.07. The fourth-order valence-corrected chi connectivity index (χ4v) is 3.35. The van der Waals surface area contributed by atoms with Gasteiger partial charge in [-0.3, -0.25) is 13.9 Å². The maximum atomic E-state index is 12.5. The molecule has 0 radical (unpaired) electrons. The van der Waals surface area contributed by atoms with Crippen molar-refractivity contribution in [2.75, 3.05) is 26.2 Å². The number of ether oxygens (including phenoxy) is 1. The number of likely N-dealkylation sites (N-methyl/N-ethyl adjacent to an activating group) is 1. The van der Waals surface area contributed by atoms with Crippen molar-refractivity contribution in [2.24, 2.45) is 14.1 Å². The SMILES string of the molecule is CCN(CC)CCOc1ccc(-c2nc(C)c3c(n2)c(=O)n(C)c(=O)n3C)cc1. The van der Waals surface area contributed by atoms with Crippen LogP contribution in [0.4, 0.5) is 0 Å². The number of aromatic nitrogens is 4. The van der Waals surface area contributed by atoms with Gasteiger partial charge in [-0.05, 0) is 44.3 Å². The molecule has 8 nitrogen and oxygen atoms in total. The maximum Gasteiger partial charge on any atom is 0.331 e. The number of rotatable bonds is 7. The van der Waals surface area contributed by atoms with Crippen LogP contribution < -0.4 is 16.0 Å². The van der Waals surface area contributed by atoms with Gasteiger partial charge < -0.3 is 9.64 Å². The molecule has 0 saturated heterocycles. The quantitative estimate of drug-likeness (QED) is 0.604. The van der Waals surface area contributed by atoms with Crippen molar-refractivity contribution in [1.29, 1.82) is 0 Å². The Morgan fingerprint density at radius 1 is 1.00 bits per heavy atom. The first-order valence-corrected chi connectivity index (χ1v) is 9.77. The van der Waals surface area contributed by atoms with E-state index in [4.69, 9.17) is 4.74 Å². The molecule has 3 rings (SSSR count). The summed E-state index contributed by atoms with van der Waals surface area (Å²) in [5.74, 6) is 1.22. The monoisotopic (exact) mass is 397 g/mol. The predicted octanol–water partition coefficient (Wildman–Crippen LogP) is 1.72. The minimum atomic E-state index is -0.425. The molecule has 0 unspecified atom stereocenters. The van der Waals surface area contributed by atoms with E-state index in [1.807, 2.05) is 24.3 Å². The van der Waals surface area contributed by atoms with Gasteiger partial charge in [-0.25, -0.2) is 14.8 Å². The first-order chi connectivity index (χ1) is 13.9. The highest BCUT2D eigenvalue weighted by Crippen LogP contribution is 2.21. The first-order valence-electron chi connectivity index (χ1n) is 9.77. The zero-order valence-corrected chi connectivity index (χ0v) is 17.6. The summed E-state index contributed by atoms with van der Waals surface area (Å²) in [5, 5.41) is 0. The van der Waals surface area contributed by atoms with E-state index >= 15 is 0 Å². The van der Waals surface area contributed by atoms with Gasteiger partial charge in [-0.15, -0.1) is 0 Å². The molecule has 8 heteroatoms. The topological polar surface area (TPSA) is 82.2 Å². The second-order valence-corrected chi connectivity index (χ2v) is 6.94. The van der Waals surface area contributed by atoms with Crippen LogP contribution in [0.15, 0.2) is 33.9 Å². The van der Waals surface area contributed by atoms with Crippen molar-refractivity contribution in [3.05, 3.63) is 50.8 Å². The summed E-state index contributed by atoms with van der Waals surface area (Å²) in [6.45, 7) is 9.55. The Labute approximate surface area is 169 Å². The number of benzene rings is 1. The largest absolute Gasteiger partial charge is 0.492 e. The number of hydrogen-bond donors (Lipinski definition) is 0. The van der Waals surface area contributed by atoms with Gasteiger partial charge in [0.2, 0.25) is 0 Å². The van der Waals surface area contributed by atoms with E-state index < -0.39 is 11.2 Å². The summed E-state index contributed by atoms with van der Waals surface area (Å²) in [6.07, 6.45) is 0. The van der Waals surface area contributed by atoms with Gasteiger partial charge in [0, 0.05) is 26.2 Å². The van der Waals surface area contributed by atoms with Crippen LogP contribution in [0.5, 0.6) is 5.75 Å². The van der Waals surface area contributed by atoms with E-state index in [-0.39, 0.29) is 5.52 Å². The Morgan fingerprint density at radius 2 is 1.66 bits per heavy atom. The van der Waals surface area contributed by atoms with Gasteiger partial charge in [0.15, 0.2) is 11.3 Å². The zero-order valence-electron chi connectivity index (χ0n) is 17.6. The lowest BCUT2D eigenvalue weighted by Crippen LogP contribution is -2.37. The summed E-state index contributed by atoms with van der Waals surface area (Å²) in [4.78, 5) is 36.0. The van der Waals surface area contributed by atoms with Crippen molar-refractivity contribution < 1.29 is 4.74 Å². The minimum Gasteiger partial charge on any atom is -0.492 e. The summed E-state index contributed by atoms with van der Waals surface area (Å²) in [6, 6.07) is 7.50. The maximum absolute atomic E-state index is 12.5. The molecule has 0 fully saturated rings. The molecule has 0 aliphatic heterocycles. The van der Waals surface area contributed by atoms with Crippen LogP contribution in [0.3, 0.4) is 0 Å². The van der Waals surface area contributed by atoms with Crippen LogP contribution in [0.25, 0.3) is 22.4 Å². The summed E-state index contributed by atoms with van der Waals surface area (Å²) < 4.78 is 8.28. The molecule has 0 aliphatic rings. The van der Waals surface area contributed by atoms with Gasteiger partial charge >= 0.3 is 5.69 Å². The van der Waals surface area contributed by atoms with Crippen LogP contribution in [0.1, 0.15) is 19.5 Å². The molecule has 154 valence electrons. The minimum absolute atomic E-state index is 0.233. The van der Waals surface area contributed by atoms with Crippen molar-refractivity contribution >= 4 is 11.0 Å². The fraction of sp³-hybridized carbons (Fsp3) is 0.429. The lowest BCUT2D eigenvalue weighted by atomic mass is 10.2. The standard InChI is InChI=1S/C21H27N5O3/c1-6-26(7-2)12-13-29-16-10-8-15(9-11-16)19-22-14(3)18-17(23-19)20(27)25(5)21(28)24(18)4/h8-11H,6-7,12-13H2,1-5H3. The number of fused-ring (bicyclic) bond motifs is 1. The zero-order chi connectivity index (χ0) is 21.1. The molecule has 29 heavy (non-hydrogen) atoms. The summed E-state index contributed by atoms with van der Waals surface area (Å²) >= 11 is 0. The third-order valence-electron chi connectivity index (χ3n) is 5.16. The third-order valence-corrected chi connectivity index (χ3v) is 5.16. The Balaban J connectivity index is 1.89. The number of aryl methyl sites for hydroxylation is 2. The van der Waals surface area contributed by atoms with Gasteiger partial charge in [-0.2, -0.15) is 0 Å². The van der Waals surface area contributed by atoms with Gasteiger partial charge in [0.1, 0.15) is 12.4 Å². The highest BCUT2D eigenvalue weighted by Gasteiger charge is 2.15. The van der Waals surface area contributed by atoms with Crippen molar-refractivity contribution in [1.82, 2.24) is 24.0 Å². The highest BCUT2D eigenvalue weighted by molar-refractivity contribution is 5.78. The predicted molar refractivity (Wildman–Crippen MR) is 113 cm³/mol. The fourth-order valence-electron chi connectivity index (χ4n) is 3.35. The van der Waals surface area contributed by atoms with E-state index in [1.165, 1.54) is 11.6 Å². The average molecular weight is 397 g/mol. The van der Waals surface area contributed by atoms with Gasteiger partial charge in [0.05, 0.1) is 11.2 Å². The van der Waals surface area contributed by atoms with Gasteiger partial charge in [0.25, 0.3) is 5.56 Å². The van der Waals surface area contributed by atoms with Crippen molar-refractivity contribution in [3.63, 3.8) is 0 Å². The van der Waals surface area contributed by atoms with E-state index in [1.54, 1.807) is 14.0 Å². The molecular formula is C21H27N5O3. The van der Waals surface area contributed by atoms with Crippen LogP contribution in [-0.2, 0) is 14.1 Å². The average Bonchev–Trinajstić information content (AvgIpc) is 2.73. The van der Waals surface area contributed by atoms with E-state index in [0.717, 1.165) is 35.5 Å². The molecule has 0 N–H and O–H groups in total. The van der Waals surface area contributed by atoms with E-state index in [2.05, 4.69) is 28.7 Å². The van der Waals surface area contributed by atoms with Crippen molar-refractivity contribution in [3.8, 4) is 17.1 Å². The van der Waals surface area contributed by atoms with E-state index in [9.17, 15) is 9.59 Å². The Kier molecular flexibility index (Phi) is 6.12. The molecule has 0 bridgehead atoms. The molecule has 0 saturated carbocycles. The second-order valence-electron chi connectivity index (χ2n) is 6.94. The normalized spacial score (nSPS) is 11.4. The van der Waals surface area contributed by atoms with Crippen LogP contribution in [-0.4, -0.2) is 50.2 Å². The molecule has 0 amide bonds. The Bertz CT molecular complexity index is 1130. The lowest BCUT2D eigenvalue weighted by molar-refractivity contribution is 0.223. The number of nitrogens with zero attached hydrogens (tertiary/aromatic N) is 5. The van der Waals surface area contributed by atoms with E-state index in [0.29, 0.717) is 23.6 Å². The van der Waals surface area contributed by atoms with Crippen LogP contribution in [0.2, 0.25) is 0 Å². The molecule has 0 atom stereocenters. The Hall–Kier alpha value is -3.00. The number of hydrogen-bond acceptors (Lipinski definition) is 6. The molecule has 2 aromatic heterocycles. The lowest BCUT2D eigenvalue weighted by Gasteiger charge is -2.18. The molecule has 0 aliphatic carbocycles. The highest BCUT2D eigenvalue weighted by atomic mass is 16.5. The first kappa shape index (κ1) is 20.7.